The lowest BCUT2D eigenvalue weighted by atomic mass is 9.83. The lowest BCUT2D eigenvalue weighted by molar-refractivity contribution is -0.115. The number of thioether (sulfide) groups is 1. The van der Waals surface area contributed by atoms with Gasteiger partial charge in [0.2, 0.25) is 5.91 Å². The van der Waals surface area contributed by atoms with Crippen LogP contribution < -0.4 is 20.7 Å². The molecule has 0 saturated heterocycles. The molecule has 0 radical (unpaired) electrons. The summed E-state index contributed by atoms with van der Waals surface area (Å²) in [4.78, 5) is 55.5. The van der Waals surface area contributed by atoms with E-state index in [4.69, 9.17) is 9.47 Å². The second kappa shape index (κ2) is 18.6. The van der Waals surface area contributed by atoms with Crippen molar-refractivity contribution in [3.05, 3.63) is 148 Å². The molecule has 4 aromatic carbocycles. The summed E-state index contributed by atoms with van der Waals surface area (Å²) in [6.07, 6.45) is 4.03. The number of anilines is 2. The van der Waals surface area contributed by atoms with Gasteiger partial charge >= 0.3 is 5.97 Å². The molecule has 0 saturated carbocycles. The lowest BCUT2D eigenvalue weighted by Crippen LogP contribution is -2.30. The van der Waals surface area contributed by atoms with E-state index < -0.39 is 23.0 Å². The molecule has 282 valence electrons. The first kappa shape index (κ1) is 39.1. The minimum Gasteiger partial charge on any atom is -0.494 e. The topological polar surface area (TPSA) is 123 Å². The van der Waals surface area contributed by atoms with E-state index in [1.165, 1.54) is 28.7 Å². The number of fused-ring (bicyclic) bond motifs is 1. The summed E-state index contributed by atoms with van der Waals surface area (Å²) in [5.74, 6) is -0.589. The molecule has 1 heterocycles. The predicted molar refractivity (Wildman–Crippen MR) is 220 cm³/mol. The smallest absolute Gasteiger partial charge is 0.341 e. The number of ether oxygens (including phenoxy) is 2. The number of carbonyl (C=O) groups is 4. The van der Waals surface area contributed by atoms with Crippen LogP contribution in [0.5, 0.6) is 5.75 Å². The maximum atomic E-state index is 13.7. The van der Waals surface area contributed by atoms with E-state index in [-0.39, 0.29) is 18.2 Å². The van der Waals surface area contributed by atoms with Gasteiger partial charge in [-0.25, -0.2) is 4.79 Å². The number of rotatable bonds is 14. The molecule has 0 aliphatic heterocycles. The van der Waals surface area contributed by atoms with Crippen LogP contribution in [-0.4, -0.2) is 42.2 Å². The Morgan fingerprint density at radius 2 is 1.60 bits per heavy atom. The van der Waals surface area contributed by atoms with Gasteiger partial charge in [0.05, 0.1) is 24.0 Å². The number of benzene rings is 4. The molecule has 0 bridgehead atoms. The summed E-state index contributed by atoms with van der Waals surface area (Å²) in [6.45, 7) is 6.24. The van der Waals surface area contributed by atoms with Crippen molar-refractivity contribution in [3.63, 3.8) is 0 Å². The number of amides is 3. The first-order chi connectivity index (χ1) is 26.7. The standard InChI is InChI=1S/C44H43N3O6S2/c1-4-52-34-22-19-29(20-23-34)25-37(46-41(49)31-15-10-7-11-16-31)42(50)45-33-17-12-18-35(27-33)54-28(3)40(48)47-43-39(44(51)53-5-2)36-24-21-32(26-38(36)55-43)30-13-8-6-9-14-30/h6-20,22-23,25,27-28,32H,4-5,21,24,26H2,1-3H3,(H,45,50)(H,46,49)(H,47,48)/b37-25+. The Balaban J connectivity index is 1.15. The molecule has 1 aliphatic rings. The zero-order chi connectivity index (χ0) is 38.7. The predicted octanol–water partition coefficient (Wildman–Crippen LogP) is 9.12. The summed E-state index contributed by atoms with van der Waals surface area (Å²) >= 11 is 2.78. The minimum absolute atomic E-state index is 0.0509. The maximum absolute atomic E-state index is 13.7. The van der Waals surface area contributed by atoms with Crippen molar-refractivity contribution >= 4 is 63.6 Å². The Kier molecular flexibility index (Phi) is 13.2. The van der Waals surface area contributed by atoms with Crippen LogP contribution >= 0.6 is 23.1 Å². The monoisotopic (exact) mass is 773 g/mol. The number of hydrogen-bond acceptors (Lipinski definition) is 8. The highest BCUT2D eigenvalue weighted by atomic mass is 32.2. The lowest BCUT2D eigenvalue weighted by Gasteiger charge is -2.23. The van der Waals surface area contributed by atoms with Crippen molar-refractivity contribution in [2.24, 2.45) is 0 Å². The Labute approximate surface area is 329 Å². The molecule has 3 amide bonds. The van der Waals surface area contributed by atoms with Crippen LogP contribution in [0.1, 0.15) is 75.4 Å². The molecule has 5 aromatic rings. The van der Waals surface area contributed by atoms with Crippen molar-refractivity contribution in [2.75, 3.05) is 23.8 Å². The fourth-order valence-electron chi connectivity index (χ4n) is 6.36. The molecule has 9 nitrogen and oxygen atoms in total. The second-order valence-electron chi connectivity index (χ2n) is 12.9. The van der Waals surface area contributed by atoms with Crippen LogP contribution in [0.3, 0.4) is 0 Å². The van der Waals surface area contributed by atoms with Gasteiger partial charge in [-0.1, -0.05) is 66.7 Å². The fourth-order valence-corrected chi connectivity index (χ4v) is 8.60. The Hall–Kier alpha value is -5.65. The van der Waals surface area contributed by atoms with E-state index in [1.54, 1.807) is 86.7 Å². The van der Waals surface area contributed by atoms with Gasteiger partial charge in [0.1, 0.15) is 16.4 Å². The van der Waals surface area contributed by atoms with E-state index in [9.17, 15) is 19.2 Å². The summed E-state index contributed by atoms with van der Waals surface area (Å²) in [5, 5.41) is 8.67. The molecule has 1 aliphatic carbocycles. The molecule has 6 rings (SSSR count). The molecule has 0 fully saturated rings. The number of esters is 1. The zero-order valence-electron chi connectivity index (χ0n) is 30.9. The second-order valence-corrected chi connectivity index (χ2v) is 15.4. The van der Waals surface area contributed by atoms with Crippen LogP contribution in [0, 0.1) is 0 Å². The number of thiophene rings is 1. The van der Waals surface area contributed by atoms with Crippen molar-refractivity contribution in [1.29, 1.82) is 0 Å². The quantitative estimate of drug-likeness (QED) is 0.0585. The number of hydrogen-bond donors (Lipinski definition) is 3. The number of carbonyl (C=O) groups excluding carboxylic acids is 4. The highest BCUT2D eigenvalue weighted by molar-refractivity contribution is 8.00. The van der Waals surface area contributed by atoms with Gasteiger partial charge in [-0.3, -0.25) is 14.4 Å². The van der Waals surface area contributed by atoms with Crippen molar-refractivity contribution < 1.29 is 28.7 Å². The van der Waals surface area contributed by atoms with Gasteiger partial charge in [-0.05, 0) is 111 Å². The maximum Gasteiger partial charge on any atom is 0.341 e. The summed E-state index contributed by atoms with van der Waals surface area (Å²) < 4.78 is 11.0. The largest absolute Gasteiger partial charge is 0.494 e. The van der Waals surface area contributed by atoms with Crippen LogP contribution in [0.4, 0.5) is 10.7 Å². The fraction of sp³-hybridized carbons (Fsp3) is 0.227. The Morgan fingerprint density at radius 3 is 2.31 bits per heavy atom. The van der Waals surface area contributed by atoms with Gasteiger partial charge in [0, 0.05) is 21.0 Å². The van der Waals surface area contributed by atoms with Gasteiger partial charge in [-0.2, -0.15) is 0 Å². The average Bonchev–Trinajstić information content (AvgIpc) is 3.56. The van der Waals surface area contributed by atoms with Crippen molar-refractivity contribution in [3.8, 4) is 5.75 Å². The van der Waals surface area contributed by atoms with Gasteiger partial charge in [0.15, 0.2) is 0 Å². The number of nitrogens with one attached hydrogen (secondary N) is 3. The molecular weight excluding hydrogens is 731 g/mol. The molecule has 1 aromatic heterocycles. The van der Waals surface area contributed by atoms with Crippen LogP contribution in [-0.2, 0) is 27.2 Å². The van der Waals surface area contributed by atoms with Gasteiger partial charge < -0.3 is 25.4 Å². The third kappa shape index (κ3) is 10.1. The van der Waals surface area contributed by atoms with E-state index >= 15 is 0 Å². The highest BCUT2D eigenvalue weighted by Gasteiger charge is 2.31. The van der Waals surface area contributed by atoms with E-state index in [0.29, 0.717) is 45.7 Å². The molecule has 2 unspecified atom stereocenters. The summed E-state index contributed by atoms with van der Waals surface area (Å²) in [6, 6.07) is 33.4. The normalized spacial score (nSPS) is 14.2. The SMILES string of the molecule is CCOC(=O)c1c(NC(=O)C(C)Sc2cccc(NC(=O)/C(=C\c3ccc(OCC)cc3)NC(=O)c3ccccc3)c2)sc2c1CCC(c1ccccc1)C2. The molecular formula is C44H43N3O6S2. The minimum atomic E-state index is -0.544. The molecule has 55 heavy (non-hydrogen) atoms. The molecule has 3 N–H and O–H groups in total. The van der Waals surface area contributed by atoms with E-state index in [0.717, 1.165) is 34.6 Å². The van der Waals surface area contributed by atoms with Gasteiger partial charge in [0.25, 0.3) is 11.8 Å². The average molecular weight is 774 g/mol. The Morgan fingerprint density at radius 1 is 0.873 bits per heavy atom. The van der Waals surface area contributed by atoms with E-state index in [2.05, 4.69) is 28.1 Å². The Bertz CT molecular complexity index is 2170. The summed E-state index contributed by atoms with van der Waals surface area (Å²) in [7, 11) is 0. The molecule has 0 spiro atoms. The first-order valence-corrected chi connectivity index (χ1v) is 20.0. The van der Waals surface area contributed by atoms with Crippen molar-refractivity contribution in [2.45, 2.75) is 56.1 Å². The molecule has 11 heteroatoms. The third-order valence-corrected chi connectivity index (χ3v) is 11.3. The van der Waals surface area contributed by atoms with Crippen LogP contribution in [0.15, 0.2) is 120 Å². The van der Waals surface area contributed by atoms with Crippen LogP contribution in [0.2, 0.25) is 0 Å². The summed E-state index contributed by atoms with van der Waals surface area (Å²) in [5.41, 5.74) is 4.33. The first-order valence-electron chi connectivity index (χ1n) is 18.3. The third-order valence-electron chi connectivity index (χ3n) is 9.06. The molecule has 2 atom stereocenters. The van der Waals surface area contributed by atoms with Crippen LogP contribution in [0.25, 0.3) is 6.08 Å². The zero-order valence-corrected chi connectivity index (χ0v) is 32.6. The van der Waals surface area contributed by atoms with Crippen molar-refractivity contribution in [1.82, 2.24) is 5.32 Å². The van der Waals surface area contributed by atoms with E-state index in [1.807, 2.05) is 37.3 Å². The van der Waals surface area contributed by atoms with Gasteiger partial charge in [-0.15, -0.1) is 23.1 Å². The highest BCUT2D eigenvalue weighted by Crippen LogP contribution is 2.43.